The molecule has 1 heterocycles. The molecule has 0 radical (unpaired) electrons. The van der Waals surface area contributed by atoms with Crippen LogP contribution in [-0.2, 0) is 11.3 Å². The molecule has 2 amide bonds. The third-order valence-corrected chi connectivity index (χ3v) is 4.63. The van der Waals surface area contributed by atoms with Crippen LogP contribution in [0.5, 0.6) is 0 Å². The summed E-state index contributed by atoms with van der Waals surface area (Å²) in [5, 5.41) is 5.61. The van der Waals surface area contributed by atoms with Crippen molar-refractivity contribution in [3.63, 3.8) is 0 Å². The largest absolute Gasteiger partial charge is 0.354 e. The van der Waals surface area contributed by atoms with Crippen LogP contribution >= 0.6 is 0 Å². The highest BCUT2D eigenvalue weighted by molar-refractivity contribution is 5.94. The van der Waals surface area contributed by atoms with E-state index in [-0.39, 0.29) is 37.5 Å². The number of carbonyl (C=O) groups excluding carboxylic acids is 2. The summed E-state index contributed by atoms with van der Waals surface area (Å²) in [7, 11) is 0. The summed E-state index contributed by atoms with van der Waals surface area (Å²) < 4.78 is 14.9. The van der Waals surface area contributed by atoms with E-state index in [1.807, 2.05) is 0 Å². The molecule has 1 aromatic heterocycles. The van der Waals surface area contributed by atoms with Gasteiger partial charge in [0.05, 0.1) is 10.9 Å². The smallest absolute Gasteiger partial charge is 0.328 e. The standard InChI is InChI=1S/C21H21FN4O4/c1-13-6-7-14(12-16(13)22)19(28)24-10-9-23-18(27)8-11-26-17-5-3-2-4-15(17)20(29)25-21(26)30/h2-7,12H,8-11H2,1H3,(H,23,27)(H,24,28)(H,25,29,30). The van der Waals surface area contributed by atoms with Crippen molar-refractivity contribution < 1.29 is 14.0 Å². The van der Waals surface area contributed by atoms with Gasteiger partial charge in [0.2, 0.25) is 5.91 Å². The van der Waals surface area contributed by atoms with Crippen molar-refractivity contribution in [3.8, 4) is 0 Å². The highest BCUT2D eigenvalue weighted by Gasteiger charge is 2.10. The second kappa shape index (κ2) is 9.17. The van der Waals surface area contributed by atoms with Gasteiger partial charge in [0.15, 0.2) is 0 Å². The molecule has 0 unspecified atom stereocenters. The maximum Gasteiger partial charge on any atom is 0.328 e. The molecule has 30 heavy (non-hydrogen) atoms. The number of aryl methyl sites for hydroxylation is 2. The summed E-state index contributed by atoms with van der Waals surface area (Å²) in [4.78, 5) is 50.2. The average molecular weight is 412 g/mol. The molecule has 8 nitrogen and oxygen atoms in total. The maximum absolute atomic E-state index is 13.5. The second-order valence-corrected chi connectivity index (χ2v) is 6.75. The summed E-state index contributed by atoms with van der Waals surface area (Å²) >= 11 is 0. The van der Waals surface area contributed by atoms with Crippen LogP contribution in [0.2, 0.25) is 0 Å². The molecule has 0 fully saturated rings. The number of fused-ring (bicyclic) bond motifs is 1. The first kappa shape index (κ1) is 21.0. The average Bonchev–Trinajstić information content (AvgIpc) is 2.73. The van der Waals surface area contributed by atoms with E-state index in [1.165, 1.54) is 16.7 Å². The Kier molecular flexibility index (Phi) is 6.41. The van der Waals surface area contributed by atoms with Gasteiger partial charge in [-0.25, -0.2) is 9.18 Å². The van der Waals surface area contributed by atoms with Crippen molar-refractivity contribution in [2.24, 2.45) is 0 Å². The molecule has 0 spiro atoms. The number of rotatable bonds is 7. The maximum atomic E-state index is 13.5. The van der Waals surface area contributed by atoms with E-state index in [2.05, 4.69) is 15.6 Å². The van der Waals surface area contributed by atoms with Crippen molar-refractivity contribution in [2.75, 3.05) is 13.1 Å². The van der Waals surface area contributed by atoms with E-state index in [4.69, 9.17) is 0 Å². The minimum Gasteiger partial charge on any atom is -0.354 e. The molecule has 0 aliphatic heterocycles. The molecule has 2 aromatic carbocycles. The molecule has 0 saturated carbocycles. The van der Waals surface area contributed by atoms with Crippen LogP contribution in [0.15, 0.2) is 52.1 Å². The minimum atomic E-state index is -0.580. The zero-order chi connectivity index (χ0) is 21.7. The van der Waals surface area contributed by atoms with E-state index in [0.29, 0.717) is 16.5 Å². The number of nitrogens with zero attached hydrogens (tertiary/aromatic N) is 1. The van der Waals surface area contributed by atoms with Crippen molar-refractivity contribution in [1.29, 1.82) is 0 Å². The van der Waals surface area contributed by atoms with Gasteiger partial charge in [-0.15, -0.1) is 0 Å². The van der Waals surface area contributed by atoms with Crippen LogP contribution in [0.4, 0.5) is 4.39 Å². The van der Waals surface area contributed by atoms with E-state index in [9.17, 15) is 23.6 Å². The van der Waals surface area contributed by atoms with Gasteiger partial charge in [0, 0.05) is 31.6 Å². The Morgan fingerprint density at radius 2 is 1.80 bits per heavy atom. The van der Waals surface area contributed by atoms with Gasteiger partial charge in [0.25, 0.3) is 11.5 Å². The molecule has 0 aliphatic carbocycles. The number of aromatic amines is 1. The zero-order valence-corrected chi connectivity index (χ0v) is 16.3. The molecule has 3 rings (SSSR count). The number of carbonyl (C=O) groups is 2. The fourth-order valence-electron chi connectivity index (χ4n) is 2.98. The van der Waals surface area contributed by atoms with Crippen molar-refractivity contribution in [1.82, 2.24) is 20.2 Å². The molecule has 0 bridgehead atoms. The van der Waals surface area contributed by atoms with E-state index in [0.717, 1.165) is 6.07 Å². The lowest BCUT2D eigenvalue weighted by Crippen LogP contribution is -2.36. The summed E-state index contributed by atoms with van der Waals surface area (Å²) in [5.41, 5.74) is 0.0585. The normalized spacial score (nSPS) is 10.7. The first-order valence-corrected chi connectivity index (χ1v) is 9.39. The SMILES string of the molecule is Cc1ccc(C(=O)NCCNC(=O)CCn2c(=O)[nH]c(=O)c3ccccc32)cc1F. The van der Waals surface area contributed by atoms with Crippen LogP contribution in [0.3, 0.4) is 0 Å². The Balaban J connectivity index is 1.50. The Morgan fingerprint density at radius 3 is 2.57 bits per heavy atom. The Hall–Kier alpha value is -3.75. The molecule has 9 heteroatoms. The lowest BCUT2D eigenvalue weighted by Gasteiger charge is -2.10. The van der Waals surface area contributed by atoms with Gasteiger partial charge in [-0.3, -0.25) is 23.9 Å². The van der Waals surface area contributed by atoms with Gasteiger partial charge >= 0.3 is 5.69 Å². The summed E-state index contributed by atoms with van der Waals surface area (Å²) in [6.45, 7) is 2.05. The second-order valence-electron chi connectivity index (χ2n) is 6.75. The molecule has 3 aromatic rings. The summed E-state index contributed by atoms with van der Waals surface area (Å²) in [5.74, 6) is -1.21. The Morgan fingerprint density at radius 1 is 1.07 bits per heavy atom. The zero-order valence-electron chi connectivity index (χ0n) is 16.3. The van der Waals surface area contributed by atoms with Crippen molar-refractivity contribution in [2.45, 2.75) is 19.9 Å². The molecule has 3 N–H and O–H groups in total. The van der Waals surface area contributed by atoms with Gasteiger partial charge in [-0.1, -0.05) is 18.2 Å². The molecular formula is C21H21FN4O4. The third kappa shape index (κ3) is 4.80. The molecular weight excluding hydrogens is 391 g/mol. The number of para-hydroxylation sites is 1. The number of nitrogens with one attached hydrogen (secondary N) is 3. The number of hydrogen-bond donors (Lipinski definition) is 3. The predicted octanol–water partition coefficient (Wildman–Crippen LogP) is 1.07. The third-order valence-electron chi connectivity index (χ3n) is 4.63. The van der Waals surface area contributed by atoms with Gasteiger partial charge in [-0.2, -0.15) is 0 Å². The lowest BCUT2D eigenvalue weighted by molar-refractivity contribution is -0.121. The van der Waals surface area contributed by atoms with Crippen molar-refractivity contribution in [3.05, 3.63) is 80.2 Å². The lowest BCUT2D eigenvalue weighted by atomic mass is 10.1. The van der Waals surface area contributed by atoms with Crippen LogP contribution in [0.1, 0.15) is 22.3 Å². The number of amides is 2. The number of halogens is 1. The van der Waals surface area contributed by atoms with Gasteiger partial charge in [-0.05, 0) is 36.8 Å². The molecule has 0 saturated heterocycles. The highest BCUT2D eigenvalue weighted by atomic mass is 19.1. The fourth-order valence-corrected chi connectivity index (χ4v) is 2.98. The minimum absolute atomic E-state index is 0.0209. The van der Waals surface area contributed by atoms with E-state index in [1.54, 1.807) is 31.2 Å². The van der Waals surface area contributed by atoms with Crippen LogP contribution in [0.25, 0.3) is 10.9 Å². The van der Waals surface area contributed by atoms with Crippen LogP contribution in [0, 0.1) is 12.7 Å². The van der Waals surface area contributed by atoms with Crippen LogP contribution in [-0.4, -0.2) is 34.5 Å². The summed E-state index contributed by atoms with van der Waals surface area (Å²) in [6, 6.07) is 10.9. The fraction of sp³-hybridized carbons (Fsp3) is 0.238. The molecule has 0 atom stereocenters. The predicted molar refractivity (Wildman–Crippen MR) is 110 cm³/mol. The Labute approximate surface area is 170 Å². The number of H-pyrrole nitrogens is 1. The number of aromatic nitrogens is 2. The molecule has 0 aliphatic rings. The number of benzene rings is 2. The first-order chi connectivity index (χ1) is 14.4. The monoisotopic (exact) mass is 412 g/mol. The molecule has 156 valence electrons. The Bertz CT molecular complexity index is 1220. The van der Waals surface area contributed by atoms with Crippen molar-refractivity contribution >= 4 is 22.7 Å². The van der Waals surface area contributed by atoms with Crippen LogP contribution < -0.4 is 21.9 Å². The number of hydrogen-bond acceptors (Lipinski definition) is 4. The van der Waals surface area contributed by atoms with Gasteiger partial charge < -0.3 is 10.6 Å². The van der Waals surface area contributed by atoms with E-state index >= 15 is 0 Å². The summed E-state index contributed by atoms with van der Waals surface area (Å²) in [6.07, 6.45) is 0.0209. The highest BCUT2D eigenvalue weighted by Crippen LogP contribution is 2.09. The van der Waals surface area contributed by atoms with Gasteiger partial charge in [0.1, 0.15) is 5.82 Å². The van der Waals surface area contributed by atoms with E-state index < -0.39 is 23.0 Å². The first-order valence-electron chi connectivity index (χ1n) is 9.39. The quantitative estimate of drug-likeness (QED) is 0.504. The topological polar surface area (TPSA) is 113 Å².